The van der Waals surface area contributed by atoms with Gasteiger partial charge in [0.05, 0.1) is 0 Å². The van der Waals surface area contributed by atoms with E-state index >= 15 is 0 Å². The first-order valence-electron chi connectivity index (χ1n) is 14.9. The van der Waals surface area contributed by atoms with E-state index in [4.69, 9.17) is 0 Å². The summed E-state index contributed by atoms with van der Waals surface area (Å²) >= 11 is 0. The highest BCUT2D eigenvalue weighted by Gasteiger charge is 2.22. The van der Waals surface area contributed by atoms with E-state index in [1.165, 1.54) is 83.3 Å². The predicted octanol–water partition coefficient (Wildman–Crippen LogP) is 11.6. The van der Waals surface area contributed by atoms with Gasteiger partial charge in [0.1, 0.15) is 0 Å². The van der Waals surface area contributed by atoms with E-state index in [-0.39, 0.29) is 0 Å². The number of para-hydroxylation sites is 1. The van der Waals surface area contributed by atoms with Crippen molar-refractivity contribution in [3.63, 3.8) is 0 Å². The molecule has 204 valence electrons. The molecule has 0 saturated carbocycles. The highest BCUT2D eigenvalue weighted by atomic mass is 15.1. The Hall–Kier alpha value is -5.40. The molecule has 0 radical (unpaired) electrons. The molecule has 0 bridgehead atoms. The number of fused-ring (bicyclic) bond motifs is 9. The average molecular weight is 550 g/mol. The second kappa shape index (κ2) is 10.2. The number of anilines is 2. The van der Waals surface area contributed by atoms with Crippen LogP contribution in [-0.2, 0) is 0 Å². The monoisotopic (exact) mass is 549 g/mol. The van der Waals surface area contributed by atoms with Crippen LogP contribution in [-0.4, -0.2) is 7.05 Å². The minimum absolute atomic E-state index is 1.18. The van der Waals surface area contributed by atoms with Gasteiger partial charge in [0.2, 0.25) is 0 Å². The van der Waals surface area contributed by atoms with Crippen LogP contribution in [0.15, 0.2) is 152 Å². The molecule has 0 aliphatic heterocycles. The Balaban J connectivity index is 1.39. The van der Waals surface area contributed by atoms with Gasteiger partial charge in [-0.3, -0.25) is 0 Å². The van der Waals surface area contributed by atoms with E-state index < -0.39 is 0 Å². The Labute approximate surface area is 253 Å². The van der Waals surface area contributed by atoms with Crippen LogP contribution in [0.2, 0.25) is 0 Å². The van der Waals surface area contributed by atoms with Crippen LogP contribution in [0.1, 0.15) is 5.56 Å². The number of hydrogen-bond acceptors (Lipinski definition) is 1. The van der Waals surface area contributed by atoms with Gasteiger partial charge in [0.25, 0.3) is 0 Å². The van der Waals surface area contributed by atoms with Crippen LogP contribution in [0.5, 0.6) is 0 Å². The van der Waals surface area contributed by atoms with Gasteiger partial charge in [0, 0.05) is 18.4 Å². The van der Waals surface area contributed by atoms with Crippen LogP contribution >= 0.6 is 0 Å². The SMILES string of the molecule is Cc1ccccc1N(C)c1cc(-c2ccc3c(c2)-c2ccccc2-c2ccccc2-c2ccccc2-3)c2ccccc2c1. The first-order chi connectivity index (χ1) is 21.2. The summed E-state index contributed by atoms with van der Waals surface area (Å²) in [6.45, 7) is 2.18. The van der Waals surface area contributed by atoms with E-state index in [2.05, 4.69) is 171 Å². The molecule has 0 amide bonds. The van der Waals surface area contributed by atoms with Crippen molar-refractivity contribution in [1.29, 1.82) is 0 Å². The summed E-state index contributed by atoms with van der Waals surface area (Å²) in [6.07, 6.45) is 0. The van der Waals surface area contributed by atoms with Crippen LogP contribution in [0.25, 0.3) is 66.4 Å². The van der Waals surface area contributed by atoms with Crippen LogP contribution in [0.3, 0.4) is 0 Å². The highest BCUT2D eigenvalue weighted by molar-refractivity contribution is 6.06. The van der Waals surface area contributed by atoms with Crippen molar-refractivity contribution in [3.8, 4) is 55.6 Å². The van der Waals surface area contributed by atoms with Gasteiger partial charge in [-0.2, -0.15) is 0 Å². The molecular formula is C42H31N. The molecule has 0 spiro atoms. The maximum atomic E-state index is 2.41. The Kier molecular flexibility index (Phi) is 5.98. The summed E-state index contributed by atoms with van der Waals surface area (Å²) in [5, 5.41) is 2.50. The van der Waals surface area contributed by atoms with E-state index in [9.17, 15) is 0 Å². The first kappa shape index (κ1) is 25.3. The second-order valence-corrected chi connectivity index (χ2v) is 11.5. The largest absolute Gasteiger partial charge is 0.344 e. The molecule has 0 unspecified atom stereocenters. The molecule has 1 nitrogen and oxygen atoms in total. The molecule has 1 heteroatoms. The number of aryl methyl sites for hydroxylation is 1. The fraction of sp³-hybridized carbons (Fsp3) is 0.0476. The summed E-state index contributed by atoms with van der Waals surface area (Å²) in [6, 6.07) is 55.6. The number of nitrogens with zero attached hydrogens (tertiary/aromatic N) is 1. The molecule has 7 aromatic rings. The number of benzene rings is 7. The van der Waals surface area contributed by atoms with Crippen molar-refractivity contribution in [3.05, 3.63) is 157 Å². The standard InChI is InChI=1S/C42H31N/c1-28-13-3-12-22-42(28)43(2)31-25-29-14-4-5-15-32(29)40(27-31)30-23-24-39-37-20-9-8-18-35(37)33-16-6-7-17-34(33)36-19-10-11-21-38(36)41(39)26-30/h3-27H,1-2H3. The smallest absolute Gasteiger partial charge is 0.0437 e. The van der Waals surface area contributed by atoms with Crippen molar-refractivity contribution in [2.75, 3.05) is 11.9 Å². The lowest BCUT2D eigenvalue weighted by Gasteiger charge is -2.25. The van der Waals surface area contributed by atoms with Crippen molar-refractivity contribution >= 4 is 22.1 Å². The zero-order valence-corrected chi connectivity index (χ0v) is 24.4. The number of rotatable bonds is 3. The quantitative estimate of drug-likeness (QED) is 0.212. The van der Waals surface area contributed by atoms with Gasteiger partial charge in [-0.25, -0.2) is 0 Å². The lowest BCUT2D eigenvalue weighted by atomic mass is 9.80. The summed E-state index contributed by atoms with van der Waals surface area (Å²) in [4.78, 5) is 2.31. The van der Waals surface area contributed by atoms with E-state index in [1.54, 1.807) is 0 Å². The van der Waals surface area contributed by atoms with Crippen molar-refractivity contribution in [2.24, 2.45) is 0 Å². The van der Waals surface area contributed by atoms with Gasteiger partial charge < -0.3 is 4.90 Å². The summed E-state index contributed by atoms with van der Waals surface area (Å²) in [7, 11) is 2.17. The Morgan fingerprint density at radius 3 is 1.49 bits per heavy atom. The average Bonchev–Trinajstić information content (AvgIpc) is 3.07. The Bertz CT molecular complexity index is 2160. The third-order valence-electron chi connectivity index (χ3n) is 8.98. The van der Waals surface area contributed by atoms with E-state index in [1.807, 2.05) is 0 Å². The first-order valence-corrected chi connectivity index (χ1v) is 14.9. The zero-order chi connectivity index (χ0) is 28.9. The van der Waals surface area contributed by atoms with Gasteiger partial charge in [-0.05, 0) is 103 Å². The fourth-order valence-electron chi connectivity index (χ4n) is 6.83. The Morgan fingerprint density at radius 1 is 0.395 bits per heavy atom. The van der Waals surface area contributed by atoms with Crippen LogP contribution in [0, 0.1) is 6.92 Å². The Morgan fingerprint density at radius 2 is 0.884 bits per heavy atom. The van der Waals surface area contributed by atoms with E-state index in [0.29, 0.717) is 0 Å². The normalized spacial score (nSPS) is 11.5. The molecule has 7 aromatic carbocycles. The maximum Gasteiger partial charge on any atom is 0.0437 e. The lowest BCUT2D eigenvalue weighted by molar-refractivity contribution is 1.19. The lowest BCUT2D eigenvalue weighted by Crippen LogP contribution is -2.11. The second-order valence-electron chi connectivity index (χ2n) is 11.5. The molecule has 0 N–H and O–H groups in total. The van der Waals surface area contributed by atoms with Crippen molar-refractivity contribution < 1.29 is 0 Å². The summed E-state index contributed by atoms with van der Waals surface area (Å²) in [5.74, 6) is 0. The molecular weight excluding hydrogens is 518 g/mol. The molecule has 0 atom stereocenters. The van der Waals surface area contributed by atoms with Crippen molar-refractivity contribution in [2.45, 2.75) is 6.92 Å². The molecule has 0 fully saturated rings. The van der Waals surface area contributed by atoms with Gasteiger partial charge in [-0.1, -0.05) is 127 Å². The molecule has 43 heavy (non-hydrogen) atoms. The fourth-order valence-corrected chi connectivity index (χ4v) is 6.83. The van der Waals surface area contributed by atoms with Gasteiger partial charge in [0.15, 0.2) is 0 Å². The third-order valence-corrected chi connectivity index (χ3v) is 8.98. The predicted molar refractivity (Wildman–Crippen MR) is 184 cm³/mol. The molecule has 0 saturated heterocycles. The van der Waals surface area contributed by atoms with Gasteiger partial charge in [-0.15, -0.1) is 0 Å². The molecule has 0 aromatic heterocycles. The van der Waals surface area contributed by atoms with Crippen molar-refractivity contribution in [1.82, 2.24) is 0 Å². The van der Waals surface area contributed by atoms with Crippen LogP contribution in [0.4, 0.5) is 11.4 Å². The minimum Gasteiger partial charge on any atom is -0.344 e. The van der Waals surface area contributed by atoms with Gasteiger partial charge >= 0.3 is 0 Å². The van der Waals surface area contributed by atoms with E-state index in [0.717, 1.165) is 0 Å². The third kappa shape index (κ3) is 4.16. The topological polar surface area (TPSA) is 3.24 Å². The molecule has 0 heterocycles. The zero-order valence-electron chi connectivity index (χ0n) is 24.4. The molecule has 8 rings (SSSR count). The maximum absolute atomic E-state index is 2.41. The molecule has 1 aliphatic carbocycles. The minimum atomic E-state index is 1.18. The van der Waals surface area contributed by atoms with Crippen LogP contribution < -0.4 is 4.90 Å². The molecule has 1 aliphatic rings. The number of hydrogen-bond donors (Lipinski definition) is 0. The highest BCUT2D eigenvalue weighted by Crippen LogP contribution is 2.49. The summed E-state index contributed by atoms with van der Waals surface area (Å²) < 4.78 is 0. The summed E-state index contributed by atoms with van der Waals surface area (Å²) in [5.41, 5.74) is 16.3.